The highest BCUT2D eigenvalue weighted by Crippen LogP contribution is 2.33. The molecule has 1 fully saturated rings. The summed E-state index contributed by atoms with van der Waals surface area (Å²) >= 11 is 3.12. The number of aryl methyl sites for hydroxylation is 1. The Kier molecular flexibility index (Phi) is 4.89. The Morgan fingerprint density at radius 1 is 1.36 bits per heavy atom. The molecule has 0 unspecified atom stereocenters. The number of nitrogens with zero attached hydrogens (tertiary/aromatic N) is 1. The number of nitrogens with one attached hydrogen (secondary N) is 1. The molecule has 0 radical (unpaired) electrons. The second-order valence-electron chi connectivity index (χ2n) is 6.08. The Morgan fingerprint density at radius 3 is 2.68 bits per heavy atom. The third-order valence-electron chi connectivity index (χ3n) is 4.15. The molecule has 1 aromatic carbocycles. The number of rotatable bonds is 6. The lowest BCUT2D eigenvalue weighted by molar-refractivity contribution is 0.0999. The topological polar surface area (TPSA) is 77.1 Å². The zero-order valence-electron chi connectivity index (χ0n) is 13.2. The first kappa shape index (κ1) is 17.6. The molecule has 1 heterocycles. The minimum atomic E-state index is -1.16. The van der Waals surface area contributed by atoms with Crippen molar-refractivity contribution in [2.75, 3.05) is 5.32 Å². The number of hydrogen-bond donors (Lipinski definition) is 2. The molecule has 1 saturated carbocycles. The number of carbonyl (C=O) groups is 1. The van der Waals surface area contributed by atoms with Crippen LogP contribution in [0.1, 0.15) is 29.6 Å². The summed E-state index contributed by atoms with van der Waals surface area (Å²) in [7, 11) is 0. The number of halogens is 3. The number of benzene rings is 1. The summed E-state index contributed by atoms with van der Waals surface area (Å²) in [5.41, 5.74) is 3.77. The molecule has 1 amide bonds. The van der Waals surface area contributed by atoms with Gasteiger partial charge in [0, 0.05) is 17.2 Å². The van der Waals surface area contributed by atoms with Crippen LogP contribution in [0.3, 0.4) is 0 Å². The summed E-state index contributed by atoms with van der Waals surface area (Å²) in [5, 5.41) is 2.48. The highest BCUT2D eigenvalue weighted by Gasteiger charge is 2.23. The molecule has 2 aromatic rings. The van der Waals surface area contributed by atoms with Crippen LogP contribution in [0.4, 0.5) is 20.2 Å². The molecule has 1 aliphatic rings. The van der Waals surface area contributed by atoms with E-state index in [1.165, 1.54) is 18.3 Å². The smallest absolute Gasteiger partial charge is 0.288 e. The summed E-state index contributed by atoms with van der Waals surface area (Å²) in [6.45, 7) is 0.313. The van der Waals surface area contributed by atoms with Gasteiger partial charge in [-0.3, -0.25) is 9.59 Å². The van der Waals surface area contributed by atoms with E-state index in [2.05, 4.69) is 21.2 Å². The van der Waals surface area contributed by atoms with Crippen molar-refractivity contribution >= 4 is 33.2 Å². The lowest BCUT2D eigenvalue weighted by atomic mass is 10.2. The molecule has 3 rings (SSSR count). The van der Waals surface area contributed by atoms with Crippen LogP contribution in [-0.2, 0) is 6.54 Å². The van der Waals surface area contributed by atoms with Crippen LogP contribution in [0.5, 0.6) is 0 Å². The maximum Gasteiger partial charge on any atom is 0.288 e. The summed E-state index contributed by atoms with van der Waals surface area (Å²) in [6.07, 6.45) is 4.17. The van der Waals surface area contributed by atoms with Crippen molar-refractivity contribution in [1.82, 2.24) is 4.57 Å². The molecule has 0 spiro atoms. The van der Waals surface area contributed by atoms with Crippen molar-refractivity contribution in [2.24, 2.45) is 11.7 Å². The molecule has 132 valence electrons. The van der Waals surface area contributed by atoms with Crippen LogP contribution in [0, 0.1) is 17.6 Å². The lowest BCUT2D eigenvalue weighted by Gasteiger charge is -2.15. The van der Waals surface area contributed by atoms with Crippen LogP contribution in [0.15, 0.2) is 33.7 Å². The monoisotopic (exact) mass is 411 g/mol. The van der Waals surface area contributed by atoms with Crippen LogP contribution in [-0.4, -0.2) is 10.5 Å². The number of aromatic nitrogens is 1. The standard InChI is InChI=1S/C17H16BrF2N3O2/c18-10-3-4-13(12(19)7-10)22-15-11(16(21)24)8-23(17(25)14(15)20)6-5-9-1-2-9/h3-4,7-9,22H,1-2,5-6H2,(H2,21,24). The van der Waals surface area contributed by atoms with E-state index in [0.29, 0.717) is 16.9 Å². The Labute approximate surface area is 151 Å². The number of amides is 1. The molecule has 8 heteroatoms. The van der Waals surface area contributed by atoms with E-state index in [4.69, 9.17) is 5.73 Å². The second-order valence-corrected chi connectivity index (χ2v) is 6.99. The molecule has 0 bridgehead atoms. The summed E-state index contributed by atoms with van der Waals surface area (Å²) in [5.74, 6) is -2.18. The van der Waals surface area contributed by atoms with Crippen LogP contribution < -0.4 is 16.6 Å². The fraction of sp³-hybridized carbons (Fsp3) is 0.294. The summed E-state index contributed by atoms with van der Waals surface area (Å²) in [4.78, 5) is 23.9. The zero-order valence-corrected chi connectivity index (χ0v) is 14.8. The van der Waals surface area contributed by atoms with Gasteiger partial charge in [0.15, 0.2) is 0 Å². The third kappa shape index (κ3) is 3.89. The van der Waals surface area contributed by atoms with Gasteiger partial charge in [0.1, 0.15) is 5.82 Å². The molecule has 0 aliphatic heterocycles. The van der Waals surface area contributed by atoms with Gasteiger partial charge < -0.3 is 15.6 Å². The Balaban J connectivity index is 2.00. The zero-order chi connectivity index (χ0) is 18.1. The van der Waals surface area contributed by atoms with Crippen LogP contribution >= 0.6 is 15.9 Å². The fourth-order valence-corrected chi connectivity index (χ4v) is 2.89. The van der Waals surface area contributed by atoms with Gasteiger partial charge in [-0.1, -0.05) is 28.8 Å². The SMILES string of the molecule is NC(=O)c1cn(CCC2CC2)c(=O)c(F)c1Nc1ccc(Br)cc1F. The van der Waals surface area contributed by atoms with Gasteiger partial charge in [0.05, 0.1) is 16.9 Å². The highest BCUT2D eigenvalue weighted by molar-refractivity contribution is 9.10. The largest absolute Gasteiger partial charge is 0.365 e. The van der Waals surface area contributed by atoms with Gasteiger partial charge in [0.2, 0.25) is 5.82 Å². The first-order valence-corrected chi connectivity index (χ1v) is 8.61. The van der Waals surface area contributed by atoms with Gasteiger partial charge in [0.25, 0.3) is 11.5 Å². The van der Waals surface area contributed by atoms with Gasteiger partial charge in [-0.25, -0.2) is 4.39 Å². The van der Waals surface area contributed by atoms with Crippen molar-refractivity contribution < 1.29 is 13.6 Å². The summed E-state index contributed by atoms with van der Waals surface area (Å²) < 4.78 is 30.2. The van der Waals surface area contributed by atoms with Gasteiger partial charge in [-0.15, -0.1) is 0 Å². The molecule has 25 heavy (non-hydrogen) atoms. The molecule has 0 saturated heterocycles. The predicted octanol–water partition coefficient (Wildman–Crippen LogP) is 3.53. The Morgan fingerprint density at radius 2 is 2.08 bits per heavy atom. The fourth-order valence-electron chi connectivity index (χ4n) is 2.56. The van der Waals surface area contributed by atoms with E-state index in [-0.39, 0.29) is 11.3 Å². The predicted molar refractivity (Wildman–Crippen MR) is 93.9 cm³/mol. The van der Waals surface area contributed by atoms with E-state index in [1.807, 2.05) is 0 Å². The first-order valence-electron chi connectivity index (χ1n) is 7.81. The van der Waals surface area contributed by atoms with Gasteiger partial charge >= 0.3 is 0 Å². The van der Waals surface area contributed by atoms with Crippen molar-refractivity contribution in [3.8, 4) is 0 Å². The third-order valence-corrected chi connectivity index (χ3v) is 4.65. The Bertz CT molecular complexity index is 894. The highest BCUT2D eigenvalue weighted by atomic mass is 79.9. The maximum absolute atomic E-state index is 14.6. The molecular weight excluding hydrogens is 396 g/mol. The first-order chi connectivity index (χ1) is 11.9. The minimum absolute atomic E-state index is 0.0697. The molecule has 3 N–H and O–H groups in total. The number of pyridine rings is 1. The number of anilines is 2. The normalized spacial score (nSPS) is 13.7. The van der Waals surface area contributed by atoms with E-state index in [1.54, 1.807) is 6.07 Å². The molecular formula is C17H16BrF2N3O2. The maximum atomic E-state index is 14.6. The number of nitrogens with two attached hydrogens (primary N) is 1. The summed E-state index contributed by atoms with van der Waals surface area (Å²) in [6, 6.07) is 4.09. The average molecular weight is 412 g/mol. The van der Waals surface area contributed by atoms with Crippen LogP contribution in [0.25, 0.3) is 0 Å². The molecule has 1 aromatic heterocycles. The van der Waals surface area contributed by atoms with E-state index in [9.17, 15) is 18.4 Å². The lowest BCUT2D eigenvalue weighted by Crippen LogP contribution is -2.28. The van der Waals surface area contributed by atoms with Crippen molar-refractivity contribution in [3.63, 3.8) is 0 Å². The van der Waals surface area contributed by atoms with Crippen molar-refractivity contribution in [3.05, 3.63) is 56.4 Å². The van der Waals surface area contributed by atoms with E-state index >= 15 is 0 Å². The van der Waals surface area contributed by atoms with Crippen molar-refractivity contribution in [1.29, 1.82) is 0 Å². The number of carbonyl (C=O) groups excluding carboxylic acids is 1. The van der Waals surface area contributed by atoms with Crippen LogP contribution in [0.2, 0.25) is 0 Å². The molecule has 5 nitrogen and oxygen atoms in total. The van der Waals surface area contributed by atoms with E-state index in [0.717, 1.165) is 23.8 Å². The molecule has 0 atom stereocenters. The second kappa shape index (κ2) is 6.95. The van der Waals surface area contributed by atoms with Gasteiger partial charge in [-0.05, 0) is 30.5 Å². The van der Waals surface area contributed by atoms with Crippen molar-refractivity contribution in [2.45, 2.75) is 25.8 Å². The molecule has 1 aliphatic carbocycles. The van der Waals surface area contributed by atoms with E-state index < -0.39 is 28.8 Å². The number of primary amides is 1. The Hall–Kier alpha value is -2.22. The van der Waals surface area contributed by atoms with Gasteiger partial charge in [-0.2, -0.15) is 4.39 Å². The number of hydrogen-bond acceptors (Lipinski definition) is 3. The average Bonchev–Trinajstić information content (AvgIpc) is 3.37. The minimum Gasteiger partial charge on any atom is -0.365 e. The quantitative estimate of drug-likeness (QED) is 0.762.